The van der Waals surface area contributed by atoms with Gasteiger partial charge < -0.3 is 5.32 Å². The summed E-state index contributed by atoms with van der Waals surface area (Å²) in [6.45, 7) is 9.44. The van der Waals surface area contributed by atoms with Gasteiger partial charge in [0.1, 0.15) is 0 Å². The van der Waals surface area contributed by atoms with E-state index in [4.69, 9.17) is 0 Å². The minimum absolute atomic E-state index is 0.758. The number of likely N-dealkylation sites (N-methyl/N-ethyl adjacent to an activating group) is 1. The third kappa shape index (κ3) is 3.48. The summed E-state index contributed by atoms with van der Waals surface area (Å²) in [6.07, 6.45) is 9.80. The minimum Gasteiger partial charge on any atom is -0.312 e. The second-order valence-corrected chi connectivity index (χ2v) is 6.28. The molecule has 0 aliphatic heterocycles. The van der Waals surface area contributed by atoms with Gasteiger partial charge in [0.15, 0.2) is 0 Å². The van der Waals surface area contributed by atoms with E-state index < -0.39 is 0 Å². The second-order valence-electron chi connectivity index (χ2n) is 6.28. The quantitative estimate of drug-likeness (QED) is 0.747. The molecular formula is C16H32N2. The maximum absolute atomic E-state index is 3.82. The molecule has 2 saturated carbocycles. The van der Waals surface area contributed by atoms with Crippen molar-refractivity contribution in [1.29, 1.82) is 0 Å². The van der Waals surface area contributed by atoms with Gasteiger partial charge in [-0.15, -0.1) is 0 Å². The average Bonchev–Trinajstić information content (AvgIpc) is 3.22. The van der Waals surface area contributed by atoms with Gasteiger partial charge in [-0.3, -0.25) is 4.90 Å². The smallest absolute Gasteiger partial charge is 0.0254 e. The Bertz CT molecular complexity index is 237. The SMILES string of the molecule is CCCNC1CCC(CC)CC1N(CC)C1CC1. The third-order valence-corrected chi connectivity index (χ3v) is 4.97. The Morgan fingerprint density at radius 2 is 1.83 bits per heavy atom. The molecule has 0 amide bonds. The molecule has 2 heteroatoms. The van der Waals surface area contributed by atoms with E-state index in [1.807, 2.05) is 0 Å². The van der Waals surface area contributed by atoms with Crippen LogP contribution >= 0.6 is 0 Å². The van der Waals surface area contributed by atoms with Gasteiger partial charge in [-0.1, -0.05) is 27.2 Å². The molecule has 0 heterocycles. The molecule has 2 aliphatic rings. The van der Waals surface area contributed by atoms with Crippen molar-refractivity contribution in [3.05, 3.63) is 0 Å². The lowest BCUT2D eigenvalue weighted by Gasteiger charge is -2.43. The molecule has 3 atom stereocenters. The summed E-state index contributed by atoms with van der Waals surface area (Å²) in [4.78, 5) is 2.81. The molecule has 18 heavy (non-hydrogen) atoms. The molecule has 3 unspecified atom stereocenters. The molecule has 2 nitrogen and oxygen atoms in total. The number of hydrogen-bond acceptors (Lipinski definition) is 2. The molecule has 0 bridgehead atoms. The molecule has 0 radical (unpaired) electrons. The standard InChI is InChI=1S/C16H32N2/c1-4-11-17-15-10-7-13(5-2)12-16(15)18(6-3)14-8-9-14/h13-17H,4-12H2,1-3H3. The van der Waals surface area contributed by atoms with Crippen LogP contribution in [-0.2, 0) is 0 Å². The molecule has 106 valence electrons. The lowest BCUT2D eigenvalue weighted by molar-refractivity contribution is 0.0932. The molecular weight excluding hydrogens is 220 g/mol. The van der Waals surface area contributed by atoms with Gasteiger partial charge in [0, 0.05) is 18.1 Å². The molecule has 2 fully saturated rings. The van der Waals surface area contributed by atoms with Gasteiger partial charge >= 0.3 is 0 Å². The van der Waals surface area contributed by atoms with E-state index in [2.05, 4.69) is 31.0 Å². The summed E-state index contributed by atoms with van der Waals surface area (Å²) in [5.41, 5.74) is 0. The largest absolute Gasteiger partial charge is 0.312 e. The highest BCUT2D eigenvalue weighted by Gasteiger charge is 2.39. The van der Waals surface area contributed by atoms with Crippen LogP contribution in [0.5, 0.6) is 0 Å². The summed E-state index contributed by atoms with van der Waals surface area (Å²) in [5.74, 6) is 0.975. The van der Waals surface area contributed by atoms with E-state index in [1.165, 1.54) is 58.0 Å². The van der Waals surface area contributed by atoms with E-state index in [0.29, 0.717) is 0 Å². The first-order chi connectivity index (χ1) is 8.80. The van der Waals surface area contributed by atoms with Gasteiger partial charge in [0.05, 0.1) is 0 Å². The monoisotopic (exact) mass is 252 g/mol. The van der Waals surface area contributed by atoms with Gasteiger partial charge in [0.2, 0.25) is 0 Å². The topological polar surface area (TPSA) is 15.3 Å². The summed E-state index contributed by atoms with van der Waals surface area (Å²) in [5, 5.41) is 3.82. The van der Waals surface area contributed by atoms with Crippen LogP contribution in [0, 0.1) is 5.92 Å². The van der Waals surface area contributed by atoms with Crippen LogP contribution in [0.1, 0.15) is 65.7 Å². The van der Waals surface area contributed by atoms with Crippen molar-refractivity contribution in [2.45, 2.75) is 83.8 Å². The van der Waals surface area contributed by atoms with E-state index in [1.54, 1.807) is 0 Å². The Labute approximate surface area is 114 Å². The zero-order valence-corrected chi connectivity index (χ0v) is 12.6. The summed E-state index contributed by atoms with van der Waals surface area (Å²) in [7, 11) is 0. The highest BCUT2D eigenvalue weighted by molar-refractivity contribution is 4.96. The minimum atomic E-state index is 0.758. The fourth-order valence-electron chi connectivity index (χ4n) is 3.71. The van der Waals surface area contributed by atoms with Gasteiger partial charge in [-0.2, -0.15) is 0 Å². The van der Waals surface area contributed by atoms with Crippen molar-refractivity contribution in [2.75, 3.05) is 13.1 Å². The van der Waals surface area contributed by atoms with Gasteiger partial charge in [0.25, 0.3) is 0 Å². The van der Waals surface area contributed by atoms with Crippen molar-refractivity contribution in [3.63, 3.8) is 0 Å². The summed E-state index contributed by atoms with van der Waals surface area (Å²) in [6, 6.07) is 2.49. The van der Waals surface area contributed by atoms with Crippen molar-refractivity contribution >= 4 is 0 Å². The highest BCUT2D eigenvalue weighted by atomic mass is 15.2. The van der Waals surface area contributed by atoms with Crippen LogP contribution in [0.15, 0.2) is 0 Å². The van der Waals surface area contributed by atoms with Crippen LogP contribution in [0.3, 0.4) is 0 Å². The zero-order chi connectivity index (χ0) is 13.0. The third-order valence-electron chi connectivity index (χ3n) is 4.97. The van der Waals surface area contributed by atoms with Crippen molar-refractivity contribution in [1.82, 2.24) is 10.2 Å². The van der Waals surface area contributed by atoms with Crippen LogP contribution in [0.25, 0.3) is 0 Å². The molecule has 2 aliphatic carbocycles. The van der Waals surface area contributed by atoms with Gasteiger partial charge in [-0.05, 0) is 57.5 Å². The molecule has 0 aromatic rings. The Balaban J connectivity index is 1.97. The van der Waals surface area contributed by atoms with Crippen LogP contribution < -0.4 is 5.32 Å². The average molecular weight is 252 g/mol. The maximum Gasteiger partial charge on any atom is 0.0254 e. The molecule has 0 spiro atoms. The predicted octanol–water partition coefficient (Wildman–Crippen LogP) is 3.42. The molecule has 0 aromatic heterocycles. The second kappa shape index (κ2) is 6.91. The lowest BCUT2D eigenvalue weighted by Crippen LogP contribution is -2.54. The number of nitrogens with one attached hydrogen (secondary N) is 1. The van der Waals surface area contributed by atoms with Crippen LogP contribution in [-0.4, -0.2) is 36.1 Å². The molecule has 2 rings (SSSR count). The van der Waals surface area contributed by atoms with Crippen molar-refractivity contribution in [2.24, 2.45) is 5.92 Å². The van der Waals surface area contributed by atoms with Crippen LogP contribution in [0.2, 0.25) is 0 Å². The highest BCUT2D eigenvalue weighted by Crippen LogP contribution is 2.36. The Morgan fingerprint density at radius 3 is 2.39 bits per heavy atom. The van der Waals surface area contributed by atoms with E-state index in [0.717, 1.165) is 24.0 Å². The predicted molar refractivity (Wildman–Crippen MR) is 78.9 cm³/mol. The van der Waals surface area contributed by atoms with Crippen molar-refractivity contribution in [3.8, 4) is 0 Å². The first-order valence-electron chi connectivity index (χ1n) is 8.29. The van der Waals surface area contributed by atoms with E-state index in [-0.39, 0.29) is 0 Å². The number of hydrogen-bond donors (Lipinski definition) is 1. The maximum atomic E-state index is 3.82. The fraction of sp³-hybridized carbons (Fsp3) is 1.00. The van der Waals surface area contributed by atoms with Crippen molar-refractivity contribution < 1.29 is 0 Å². The van der Waals surface area contributed by atoms with Gasteiger partial charge in [-0.25, -0.2) is 0 Å². The zero-order valence-electron chi connectivity index (χ0n) is 12.6. The Morgan fingerprint density at radius 1 is 1.06 bits per heavy atom. The van der Waals surface area contributed by atoms with E-state index >= 15 is 0 Å². The molecule has 0 saturated heterocycles. The Hall–Kier alpha value is -0.0800. The summed E-state index contributed by atoms with van der Waals surface area (Å²) < 4.78 is 0. The first-order valence-corrected chi connectivity index (χ1v) is 8.29. The number of rotatable bonds is 7. The molecule has 1 N–H and O–H groups in total. The fourth-order valence-corrected chi connectivity index (χ4v) is 3.71. The van der Waals surface area contributed by atoms with Crippen LogP contribution in [0.4, 0.5) is 0 Å². The number of nitrogens with zero attached hydrogens (tertiary/aromatic N) is 1. The summed E-state index contributed by atoms with van der Waals surface area (Å²) >= 11 is 0. The first kappa shape index (κ1) is 14.3. The molecule has 0 aromatic carbocycles. The Kier molecular flexibility index (Phi) is 5.50. The lowest BCUT2D eigenvalue weighted by atomic mass is 9.80. The normalized spacial score (nSPS) is 33.0. The van der Waals surface area contributed by atoms with E-state index in [9.17, 15) is 0 Å².